The maximum absolute atomic E-state index is 12.7. The van der Waals surface area contributed by atoms with Crippen molar-refractivity contribution < 1.29 is 14.1 Å². The molecular weight excluding hydrogens is 392 g/mol. The zero-order valence-electron chi connectivity index (χ0n) is 18.9. The molecule has 1 fully saturated rings. The van der Waals surface area contributed by atoms with Gasteiger partial charge in [-0.3, -0.25) is 4.79 Å². The van der Waals surface area contributed by atoms with Crippen LogP contribution in [0.1, 0.15) is 69.7 Å². The zero-order valence-corrected chi connectivity index (χ0v) is 18.9. The Bertz CT molecular complexity index is 1040. The molecule has 7 heteroatoms. The Balaban J connectivity index is 1.28. The minimum atomic E-state index is -0.127. The van der Waals surface area contributed by atoms with Crippen LogP contribution in [0.15, 0.2) is 28.9 Å². The Morgan fingerprint density at radius 2 is 2.06 bits per heavy atom. The molecule has 1 N–H and O–H groups in total. The van der Waals surface area contributed by atoms with Crippen LogP contribution >= 0.6 is 0 Å². The SMILES string of the molecule is COc1ccc2[nH]cc(C3CCN(C(=O)CCCc4nc(C(C)(C)C)no4)CC3)c2c1. The van der Waals surface area contributed by atoms with Gasteiger partial charge in [0, 0.05) is 48.4 Å². The van der Waals surface area contributed by atoms with Crippen LogP contribution in [0.25, 0.3) is 10.9 Å². The van der Waals surface area contributed by atoms with Gasteiger partial charge in [0.2, 0.25) is 11.8 Å². The number of amides is 1. The zero-order chi connectivity index (χ0) is 22.0. The number of piperidine rings is 1. The number of aryl methyl sites for hydroxylation is 1. The molecule has 0 saturated carbocycles. The first-order chi connectivity index (χ1) is 14.8. The van der Waals surface area contributed by atoms with E-state index in [1.54, 1.807) is 7.11 Å². The normalized spacial score (nSPS) is 15.5. The summed E-state index contributed by atoms with van der Waals surface area (Å²) in [6, 6.07) is 6.13. The summed E-state index contributed by atoms with van der Waals surface area (Å²) in [6.07, 6.45) is 5.96. The Morgan fingerprint density at radius 3 is 2.74 bits per heavy atom. The lowest BCUT2D eigenvalue weighted by atomic mass is 9.89. The van der Waals surface area contributed by atoms with Crippen molar-refractivity contribution in [2.75, 3.05) is 20.2 Å². The van der Waals surface area contributed by atoms with Crippen LogP contribution < -0.4 is 4.74 Å². The highest BCUT2D eigenvalue weighted by Crippen LogP contribution is 2.34. The largest absolute Gasteiger partial charge is 0.497 e. The summed E-state index contributed by atoms with van der Waals surface area (Å²) in [7, 11) is 1.69. The summed E-state index contributed by atoms with van der Waals surface area (Å²) in [5.41, 5.74) is 2.33. The molecule has 166 valence electrons. The highest BCUT2D eigenvalue weighted by Gasteiger charge is 2.26. The van der Waals surface area contributed by atoms with Crippen LogP contribution in [0.4, 0.5) is 0 Å². The van der Waals surface area contributed by atoms with Crippen molar-refractivity contribution in [3.05, 3.63) is 41.7 Å². The second-order valence-electron chi connectivity index (χ2n) is 9.43. The lowest BCUT2D eigenvalue weighted by molar-refractivity contribution is -0.132. The number of ether oxygens (including phenoxy) is 1. The number of nitrogens with one attached hydrogen (secondary N) is 1. The van der Waals surface area contributed by atoms with Gasteiger partial charge in [0.15, 0.2) is 5.82 Å². The number of hydrogen-bond acceptors (Lipinski definition) is 5. The Kier molecular flexibility index (Phi) is 6.03. The number of H-pyrrole nitrogens is 1. The predicted octanol–water partition coefficient (Wildman–Crippen LogP) is 4.59. The molecule has 1 saturated heterocycles. The van der Waals surface area contributed by atoms with Gasteiger partial charge in [0.05, 0.1) is 7.11 Å². The molecule has 31 heavy (non-hydrogen) atoms. The Labute approximate surface area is 183 Å². The van der Waals surface area contributed by atoms with Gasteiger partial charge in [-0.1, -0.05) is 25.9 Å². The molecule has 1 aromatic carbocycles. The number of carbonyl (C=O) groups is 1. The fourth-order valence-electron chi connectivity index (χ4n) is 4.24. The average Bonchev–Trinajstić information content (AvgIpc) is 3.40. The van der Waals surface area contributed by atoms with Crippen molar-refractivity contribution in [2.24, 2.45) is 0 Å². The van der Waals surface area contributed by atoms with Crippen LogP contribution in [0, 0.1) is 0 Å². The molecule has 7 nitrogen and oxygen atoms in total. The van der Waals surface area contributed by atoms with Crippen LogP contribution in [0.5, 0.6) is 5.75 Å². The third-order valence-corrected chi connectivity index (χ3v) is 6.13. The Hall–Kier alpha value is -2.83. The number of nitrogens with zero attached hydrogens (tertiary/aromatic N) is 3. The summed E-state index contributed by atoms with van der Waals surface area (Å²) in [4.78, 5) is 22.5. The lowest BCUT2D eigenvalue weighted by Gasteiger charge is -2.32. The standard InChI is InChI=1S/C24H32N4O3/c1-24(2,3)23-26-21(31-27-23)6-5-7-22(29)28-12-10-16(11-13-28)19-15-25-20-9-8-17(30-4)14-18(19)20/h8-9,14-16,25H,5-7,10-13H2,1-4H3. The van der Waals surface area contributed by atoms with Gasteiger partial charge in [0.1, 0.15) is 5.75 Å². The molecule has 1 aliphatic heterocycles. The quantitative estimate of drug-likeness (QED) is 0.626. The smallest absolute Gasteiger partial charge is 0.226 e. The van der Waals surface area contributed by atoms with E-state index < -0.39 is 0 Å². The first kappa shape index (κ1) is 21.4. The fourth-order valence-corrected chi connectivity index (χ4v) is 4.24. The molecule has 0 radical (unpaired) electrons. The third kappa shape index (κ3) is 4.75. The van der Waals surface area contributed by atoms with Crippen molar-refractivity contribution in [3.63, 3.8) is 0 Å². The maximum Gasteiger partial charge on any atom is 0.226 e. The van der Waals surface area contributed by atoms with Gasteiger partial charge in [0.25, 0.3) is 0 Å². The second kappa shape index (κ2) is 8.73. The fraction of sp³-hybridized carbons (Fsp3) is 0.542. The molecule has 3 heterocycles. The van der Waals surface area contributed by atoms with Gasteiger partial charge in [-0.15, -0.1) is 0 Å². The Morgan fingerprint density at radius 1 is 1.29 bits per heavy atom. The van der Waals surface area contributed by atoms with Crippen molar-refractivity contribution in [1.29, 1.82) is 0 Å². The maximum atomic E-state index is 12.7. The van der Waals surface area contributed by atoms with Crippen molar-refractivity contribution in [3.8, 4) is 5.75 Å². The van der Waals surface area contributed by atoms with Gasteiger partial charge >= 0.3 is 0 Å². The van der Waals surface area contributed by atoms with E-state index in [9.17, 15) is 4.79 Å². The molecule has 3 aromatic rings. The monoisotopic (exact) mass is 424 g/mol. The number of likely N-dealkylation sites (tertiary alicyclic amines) is 1. The summed E-state index contributed by atoms with van der Waals surface area (Å²) >= 11 is 0. The molecule has 1 aliphatic rings. The van der Waals surface area contributed by atoms with Crippen LogP contribution in [-0.4, -0.2) is 46.1 Å². The summed E-state index contributed by atoms with van der Waals surface area (Å²) < 4.78 is 10.7. The molecule has 0 unspecified atom stereocenters. The van der Waals surface area contributed by atoms with E-state index in [0.717, 1.165) is 43.6 Å². The van der Waals surface area contributed by atoms with E-state index in [2.05, 4.69) is 54.2 Å². The molecule has 4 rings (SSSR count). The van der Waals surface area contributed by atoms with E-state index in [-0.39, 0.29) is 11.3 Å². The number of carbonyl (C=O) groups excluding carboxylic acids is 1. The van der Waals surface area contributed by atoms with Crippen molar-refractivity contribution in [2.45, 2.75) is 64.2 Å². The van der Waals surface area contributed by atoms with E-state index in [0.29, 0.717) is 30.5 Å². The van der Waals surface area contributed by atoms with E-state index in [1.807, 2.05) is 11.0 Å². The first-order valence-corrected chi connectivity index (χ1v) is 11.1. The summed E-state index contributed by atoms with van der Waals surface area (Å²) in [5.74, 6) is 2.88. The second-order valence-corrected chi connectivity index (χ2v) is 9.43. The topological polar surface area (TPSA) is 84.2 Å². The van der Waals surface area contributed by atoms with Gasteiger partial charge in [-0.2, -0.15) is 4.98 Å². The first-order valence-electron chi connectivity index (χ1n) is 11.1. The van der Waals surface area contributed by atoms with Gasteiger partial charge in [-0.25, -0.2) is 0 Å². The number of aromatic nitrogens is 3. The average molecular weight is 425 g/mol. The number of rotatable bonds is 6. The van der Waals surface area contributed by atoms with E-state index in [4.69, 9.17) is 9.26 Å². The summed E-state index contributed by atoms with van der Waals surface area (Å²) in [6.45, 7) is 7.77. The number of methoxy groups -OCH3 is 1. The molecule has 0 spiro atoms. The highest BCUT2D eigenvalue weighted by molar-refractivity contribution is 5.85. The third-order valence-electron chi connectivity index (χ3n) is 6.13. The minimum Gasteiger partial charge on any atom is -0.497 e. The van der Waals surface area contributed by atoms with Crippen LogP contribution in [0.2, 0.25) is 0 Å². The molecule has 2 aromatic heterocycles. The van der Waals surface area contributed by atoms with Crippen molar-refractivity contribution in [1.82, 2.24) is 20.0 Å². The summed E-state index contributed by atoms with van der Waals surface area (Å²) in [5, 5.41) is 5.27. The van der Waals surface area contributed by atoms with Crippen LogP contribution in [-0.2, 0) is 16.6 Å². The predicted molar refractivity (Wildman–Crippen MR) is 119 cm³/mol. The van der Waals surface area contributed by atoms with Gasteiger partial charge < -0.3 is 19.1 Å². The number of hydrogen-bond donors (Lipinski definition) is 1. The molecule has 0 aliphatic carbocycles. The van der Waals surface area contributed by atoms with Crippen molar-refractivity contribution >= 4 is 16.8 Å². The molecule has 0 atom stereocenters. The highest BCUT2D eigenvalue weighted by atomic mass is 16.5. The van der Waals surface area contributed by atoms with Gasteiger partial charge in [-0.05, 0) is 48.9 Å². The van der Waals surface area contributed by atoms with E-state index >= 15 is 0 Å². The van der Waals surface area contributed by atoms with Crippen LogP contribution in [0.3, 0.4) is 0 Å². The minimum absolute atomic E-state index is 0.127. The number of benzene rings is 1. The molecule has 1 amide bonds. The molecular formula is C24H32N4O3. The lowest BCUT2D eigenvalue weighted by Crippen LogP contribution is -2.37. The number of aromatic amines is 1. The molecule has 0 bridgehead atoms. The van der Waals surface area contributed by atoms with E-state index in [1.165, 1.54) is 10.9 Å². The number of fused-ring (bicyclic) bond motifs is 1.